The Kier molecular flexibility index (Phi) is 3.97. The highest BCUT2D eigenvalue weighted by Gasteiger charge is 2.26. The first kappa shape index (κ1) is 15.0. The van der Waals surface area contributed by atoms with E-state index in [1.807, 2.05) is 18.2 Å². The number of nitrogens with zero attached hydrogens (tertiary/aromatic N) is 2. The molecule has 0 saturated carbocycles. The summed E-state index contributed by atoms with van der Waals surface area (Å²) in [4.78, 5) is 24.5. The molecule has 2 aromatic rings. The summed E-state index contributed by atoms with van der Waals surface area (Å²) in [5.74, 6) is -0.137. The van der Waals surface area contributed by atoms with Gasteiger partial charge in [-0.2, -0.15) is 0 Å². The lowest BCUT2D eigenvalue weighted by molar-refractivity contribution is -0.384. The van der Waals surface area contributed by atoms with Gasteiger partial charge in [0.05, 0.1) is 11.5 Å². The Morgan fingerprint density at radius 1 is 1.26 bits per heavy atom. The first-order chi connectivity index (χ1) is 11.0. The summed E-state index contributed by atoms with van der Waals surface area (Å²) in [5, 5.41) is 13.4. The van der Waals surface area contributed by atoms with E-state index in [-0.39, 0.29) is 24.2 Å². The third-order valence-electron chi connectivity index (χ3n) is 4.02. The topological polar surface area (TPSA) is 75.5 Å². The number of non-ortho nitro benzene ring substituents is 1. The molecule has 6 nitrogen and oxygen atoms in total. The number of amides is 1. The van der Waals surface area contributed by atoms with Crippen molar-refractivity contribution in [1.82, 2.24) is 0 Å². The molecule has 0 fully saturated rings. The van der Waals surface area contributed by atoms with Crippen molar-refractivity contribution in [3.05, 3.63) is 64.2 Å². The van der Waals surface area contributed by atoms with Gasteiger partial charge >= 0.3 is 0 Å². The number of hydrogen-bond donors (Lipinski definition) is 1. The van der Waals surface area contributed by atoms with Crippen molar-refractivity contribution in [2.75, 3.05) is 16.8 Å². The van der Waals surface area contributed by atoms with Crippen LogP contribution in [0, 0.1) is 10.1 Å². The Morgan fingerprint density at radius 2 is 1.96 bits per heavy atom. The summed E-state index contributed by atoms with van der Waals surface area (Å²) >= 11 is 0. The summed E-state index contributed by atoms with van der Waals surface area (Å²) in [6, 6.07) is 14.2. The molecular weight excluding hydrogens is 294 g/mol. The van der Waals surface area contributed by atoms with Crippen LogP contribution < -0.4 is 10.2 Å². The van der Waals surface area contributed by atoms with Crippen LogP contribution in [0.25, 0.3) is 0 Å². The molecule has 23 heavy (non-hydrogen) atoms. The van der Waals surface area contributed by atoms with E-state index in [0.29, 0.717) is 5.69 Å². The molecular formula is C17H17N3O3. The highest BCUT2D eigenvalue weighted by molar-refractivity contribution is 5.94. The number of carbonyl (C=O) groups is 1. The van der Waals surface area contributed by atoms with Crippen LogP contribution in [0.15, 0.2) is 48.5 Å². The first-order valence-electron chi connectivity index (χ1n) is 7.43. The zero-order valence-corrected chi connectivity index (χ0v) is 12.7. The second-order valence-electron chi connectivity index (χ2n) is 5.66. The van der Waals surface area contributed by atoms with Gasteiger partial charge in [0.25, 0.3) is 5.69 Å². The van der Waals surface area contributed by atoms with Gasteiger partial charge in [0.15, 0.2) is 0 Å². The van der Waals surface area contributed by atoms with Crippen LogP contribution in [0.5, 0.6) is 0 Å². The molecule has 0 spiro atoms. The Balaban J connectivity index is 1.67. The van der Waals surface area contributed by atoms with E-state index in [9.17, 15) is 14.9 Å². The molecule has 1 aliphatic heterocycles. The average molecular weight is 311 g/mol. The number of nitro groups is 1. The molecule has 118 valence electrons. The van der Waals surface area contributed by atoms with Gasteiger partial charge in [0, 0.05) is 29.5 Å². The van der Waals surface area contributed by atoms with Crippen LogP contribution in [0.4, 0.5) is 17.1 Å². The second kappa shape index (κ2) is 6.08. The molecule has 0 unspecified atom stereocenters. The molecule has 0 radical (unpaired) electrons. The van der Waals surface area contributed by atoms with E-state index < -0.39 is 4.92 Å². The predicted molar refractivity (Wildman–Crippen MR) is 88.7 cm³/mol. The van der Waals surface area contributed by atoms with Gasteiger partial charge in [0.2, 0.25) is 5.91 Å². The summed E-state index contributed by atoms with van der Waals surface area (Å²) in [7, 11) is 0. The number of benzene rings is 2. The number of nitrogens with one attached hydrogen (secondary N) is 1. The molecule has 1 atom stereocenters. The van der Waals surface area contributed by atoms with Crippen molar-refractivity contribution in [2.45, 2.75) is 19.4 Å². The van der Waals surface area contributed by atoms with Crippen LogP contribution in [0.1, 0.15) is 12.5 Å². The molecule has 1 N–H and O–H groups in total. The minimum Gasteiger partial charge on any atom is -0.359 e. The number of fused-ring (bicyclic) bond motifs is 1. The molecule has 0 saturated heterocycles. The molecule has 0 aromatic heterocycles. The van der Waals surface area contributed by atoms with Gasteiger partial charge < -0.3 is 10.2 Å². The van der Waals surface area contributed by atoms with Crippen molar-refractivity contribution in [3.8, 4) is 0 Å². The Bertz CT molecular complexity index is 743. The van der Waals surface area contributed by atoms with Crippen LogP contribution >= 0.6 is 0 Å². The summed E-state index contributed by atoms with van der Waals surface area (Å²) in [5.41, 5.74) is 2.91. The zero-order chi connectivity index (χ0) is 16.4. The summed E-state index contributed by atoms with van der Waals surface area (Å²) in [6.07, 6.45) is 0.932. The minimum absolute atomic E-state index is 0.00471. The van der Waals surface area contributed by atoms with Crippen LogP contribution in [-0.4, -0.2) is 23.4 Å². The third kappa shape index (κ3) is 3.15. The van der Waals surface area contributed by atoms with E-state index in [1.165, 1.54) is 29.8 Å². The lowest BCUT2D eigenvalue weighted by Crippen LogP contribution is -2.37. The maximum absolute atomic E-state index is 12.3. The quantitative estimate of drug-likeness (QED) is 0.695. The van der Waals surface area contributed by atoms with Gasteiger partial charge in [0.1, 0.15) is 0 Å². The minimum atomic E-state index is -0.464. The monoisotopic (exact) mass is 311 g/mol. The predicted octanol–water partition coefficient (Wildman–Crippen LogP) is 2.98. The Morgan fingerprint density at radius 3 is 2.65 bits per heavy atom. The SMILES string of the molecule is C[C@H]1Cc2ccccc2N1CC(=O)Nc1ccc([N+](=O)[O-])cc1. The van der Waals surface area contributed by atoms with Crippen molar-refractivity contribution in [2.24, 2.45) is 0 Å². The van der Waals surface area contributed by atoms with E-state index in [2.05, 4.69) is 23.2 Å². The molecule has 0 aliphatic carbocycles. The largest absolute Gasteiger partial charge is 0.359 e. The van der Waals surface area contributed by atoms with Gasteiger partial charge in [-0.3, -0.25) is 14.9 Å². The van der Waals surface area contributed by atoms with Gasteiger partial charge in [-0.15, -0.1) is 0 Å². The molecule has 6 heteroatoms. The van der Waals surface area contributed by atoms with Crippen molar-refractivity contribution < 1.29 is 9.72 Å². The number of hydrogen-bond acceptors (Lipinski definition) is 4. The Hall–Kier alpha value is -2.89. The zero-order valence-electron chi connectivity index (χ0n) is 12.7. The maximum atomic E-state index is 12.3. The van der Waals surface area contributed by atoms with Crippen LogP contribution in [0.2, 0.25) is 0 Å². The van der Waals surface area contributed by atoms with E-state index in [4.69, 9.17) is 0 Å². The fourth-order valence-electron chi connectivity index (χ4n) is 2.89. The lowest BCUT2D eigenvalue weighted by atomic mass is 10.1. The van der Waals surface area contributed by atoms with Gasteiger partial charge in [-0.05, 0) is 37.1 Å². The Labute approximate surface area is 133 Å². The smallest absolute Gasteiger partial charge is 0.269 e. The maximum Gasteiger partial charge on any atom is 0.269 e. The molecule has 1 heterocycles. The summed E-state index contributed by atoms with van der Waals surface area (Å²) < 4.78 is 0. The number of rotatable bonds is 4. The number of nitro benzene ring substituents is 1. The van der Waals surface area contributed by atoms with Gasteiger partial charge in [-0.25, -0.2) is 0 Å². The van der Waals surface area contributed by atoms with E-state index in [1.54, 1.807) is 0 Å². The lowest BCUT2D eigenvalue weighted by Gasteiger charge is -2.24. The third-order valence-corrected chi connectivity index (χ3v) is 4.02. The molecule has 0 bridgehead atoms. The fourth-order valence-corrected chi connectivity index (χ4v) is 2.89. The van der Waals surface area contributed by atoms with Crippen LogP contribution in [-0.2, 0) is 11.2 Å². The highest BCUT2D eigenvalue weighted by atomic mass is 16.6. The highest BCUT2D eigenvalue weighted by Crippen LogP contribution is 2.31. The number of para-hydroxylation sites is 1. The molecule has 1 amide bonds. The number of anilines is 2. The van der Waals surface area contributed by atoms with E-state index >= 15 is 0 Å². The van der Waals surface area contributed by atoms with Crippen molar-refractivity contribution in [3.63, 3.8) is 0 Å². The van der Waals surface area contributed by atoms with Crippen molar-refractivity contribution >= 4 is 23.0 Å². The van der Waals surface area contributed by atoms with E-state index in [0.717, 1.165) is 12.1 Å². The molecule has 1 aliphatic rings. The summed E-state index contributed by atoms with van der Waals surface area (Å²) in [6.45, 7) is 2.36. The van der Waals surface area contributed by atoms with Crippen LogP contribution in [0.3, 0.4) is 0 Å². The second-order valence-corrected chi connectivity index (χ2v) is 5.66. The standard InChI is InChI=1S/C17H17N3O3/c1-12-10-13-4-2-3-5-16(13)19(12)11-17(21)18-14-6-8-15(9-7-14)20(22)23/h2-9,12H,10-11H2,1H3,(H,18,21)/t12-/m0/s1. The molecule has 2 aromatic carbocycles. The fraction of sp³-hybridized carbons (Fsp3) is 0.235. The first-order valence-corrected chi connectivity index (χ1v) is 7.43. The average Bonchev–Trinajstić information content (AvgIpc) is 2.84. The van der Waals surface area contributed by atoms with Gasteiger partial charge in [-0.1, -0.05) is 18.2 Å². The van der Waals surface area contributed by atoms with Crippen molar-refractivity contribution in [1.29, 1.82) is 0 Å². The molecule has 3 rings (SSSR count). The normalized spacial score (nSPS) is 16.0. The number of carbonyl (C=O) groups excluding carboxylic acids is 1.